The number of likely N-dealkylation sites (N-methyl/N-ethyl adjacent to an activating group) is 1. The standard InChI is InChI=1S/C71H130NO8P/c1-6-8-10-12-14-16-18-20-22-24-26-27-28-29-30-31-32-33-34-35-36-37-38-39-40-41-42-43-44-45-46-48-50-52-54-56-58-60-62-64-71(74)80-69(68-79-81(75,76)78-66-65-72(3,4)5)67-77-70(73)63-61-59-57-55-53-51-49-47-25-23-21-19-17-15-13-11-9-7-2/h8,10,14,16-17,19-20,22-23,25-27,69H,6-7,9,11-13,15,18,21,24,28-68H2,1-5H3/p+1/b10-8-,16-14-,19-17-,22-20-,25-23-,27-26-. The number of phosphoric acid groups is 1. The van der Waals surface area contributed by atoms with Crippen LogP contribution in [0.3, 0.4) is 0 Å². The van der Waals surface area contributed by atoms with Gasteiger partial charge in [-0.25, -0.2) is 4.57 Å². The van der Waals surface area contributed by atoms with Crippen LogP contribution in [0.15, 0.2) is 72.9 Å². The number of allylic oxidation sites excluding steroid dienone is 12. The molecule has 0 radical (unpaired) electrons. The summed E-state index contributed by atoms with van der Waals surface area (Å²) in [6, 6.07) is 0. The minimum absolute atomic E-state index is 0.0307. The van der Waals surface area contributed by atoms with Gasteiger partial charge in [-0.3, -0.25) is 18.6 Å². The quantitative estimate of drug-likeness (QED) is 0.0211. The van der Waals surface area contributed by atoms with Crippen LogP contribution in [0.25, 0.3) is 0 Å². The third-order valence-electron chi connectivity index (χ3n) is 15.0. The zero-order valence-electron chi connectivity index (χ0n) is 53.8. The van der Waals surface area contributed by atoms with Crippen LogP contribution in [-0.2, 0) is 32.7 Å². The van der Waals surface area contributed by atoms with Gasteiger partial charge in [-0.15, -0.1) is 0 Å². The first-order valence-corrected chi connectivity index (χ1v) is 35.7. The van der Waals surface area contributed by atoms with Crippen molar-refractivity contribution in [2.75, 3.05) is 47.5 Å². The second-order valence-electron chi connectivity index (χ2n) is 24.2. The van der Waals surface area contributed by atoms with Gasteiger partial charge in [0.1, 0.15) is 19.8 Å². The lowest BCUT2D eigenvalue weighted by Gasteiger charge is -2.24. The van der Waals surface area contributed by atoms with E-state index in [0.717, 1.165) is 77.0 Å². The Labute approximate surface area is 501 Å². The summed E-state index contributed by atoms with van der Waals surface area (Å²) in [7, 11) is 1.48. The molecule has 0 aromatic carbocycles. The molecule has 0 spiro atoms. The van der Waals surface area contributed by atoms with Crippen molar-refractivity contribution >= 4 is 19.8 Å². The van der Waals surface area contributed by atoms with E-state index in [4.69, 9.17) is 18.5 Å². The number of unbranched alkanes of at least 4 members (excludes halogenated alkanes) is 37. The molecule has 0 aliphatic heterocycles. The zero-order valence-corrected chi connectivity index (χ0v) is 54.7. The molecule has 0 bridgehead atoms. The van der Waals surface area contributed by atoms with Crippen LogP contribution in [-0.4, -0.2) is 74.9 Å². The first-order chi connectivity index (χ1) is 39.5. The molecule has 0 amide bonds. The van der Waals surface area contributed by atoms with E-state index in [0.29, 0.717) is 17.4 Å². The van der Waals surface area contributed by atoms with Gasteiger partial charge in [-0.1, -0.05) is 292 Å². The number of hydrogen-bond donors (Lipinski definition) is 1. The molecule has 0 fully saturated rings. The van der Waals surface area contributed by atoms with Crippen molar-refractivity contribution in [1.82, 2.24) is 0 Å². The zero-order chi connectivity index (χ0) is 59.1. The van der Waals surface area contributed by atoms with E-state index in [2.05, 4.69) is 86.8 Å². The maximum Gasteiger partial charge on any atom is 0.472 e. The summed E-state index contributed by atoms with van der Waals surface area (Å²) in [5.41, 5.74) is 0. The Balaban J connectivity index is 3.93. The summed E-state index contributed by atoms with van der Waals surface area (Å²) in [5.74, 6) is -0.794. The summed E-state index contributed by atoms with van der Waals surface area (Å²) in [6.07, 6.45) is 83.0. The van der Waals surface area contributed by atoms with Crippen molar-refractivity contribution in [2.24, 2.45) is 0 Å². The first-order valence-electron chi connectivity index (χ1n) is 34.2. The lowest BCUT2D eigenvalue weighted by Crippen LogP contribution is -2.37. The third-order valence-corrected chi connectivity index (χ3v) is 16.0. The number of nitrogens with zero attached hydrogens (tertiary/aromatic N) is 1. The van der Waals surface area contributed by atoms with Crippen molar-refractivity contribution in [2.45, 2.75) is 322 Å². The lowest BCUT2D eigenvalue weighted by molar-refractivity contribution is -0.870. The molecule has 81 heavy (non-hydrogen) atoms. The molecule has 9 nitrogen and oxygen atoms in total. The van der Waals surface area contributed by atoms with E-state index in [1.54, 1.807) is 0 Å². The van der Waals surface area contributed by atoms with Crippen LogP contribution in [0.2, 0.25) is 0 Å². The summed E-state index contributed by atoms with van der Waals surface area (Å²) in [6.45, 7) is 4.33. The molecule has 0 aromatic heterocycles. The highest BCUT2D eigenvalue weighted by atomic mass is 31.2. The average molecular weight is 1160 g/mol. The second kappa shape index (κ2) is 62.0. The van der Waals surface area contributed by atoms with Crippen LogP contribution >= 0.6 is 7.82 Å². The maximum absolute atomic E-state index is 12.9. The van der Waals surface area contributed by atoms with Gasteiger partial charge in [-0.2, -0.15) is 0 Å². The molecule has 10 heteroatoms. The van der Waals surface area contributed by atoms with Crippen molar-refractivity contribution in [3.63, 3.8) is 0 Å². The number of hydrogen-bond acceptors (Lipinski definition) is 7. The topological polar surface area (TPSA) is 108 Å². The molecule has 0 saturated heterocycles. The Kier molecular flexibility index (Phi) is 60.0. The fourth-order valence-corrected chi connectivity index (χ4v) is 10.5. The predicted molar refractivity (Wildman–Crippen MR) is 349 cm³/mol. The fourth-order valence-electron chi connectivity index (χ4n) is 9.75. The van der Waals surface area contributed by atoms with Gasteiger partial charge >= 0.3 is 19.8 Å². The number of carbonyl (C=O) groups excluding carboxylic acids is 2. The number of esters is 2. The molecule has 2 unspecified atom stereocenters. The van der Waals surface area contributed by atoms with Crippen molar-refractivity contribution in [3.05, 3.63) is 72.9 Å². The van der Waals surface area contributed by atoms with Gasteiger partial charge < -0.3 is 18.9 Å². The summed E-state index contributed by atoms with van der Waals surface area (Å²) in [4.78, 5) is 35.8. The highest BCUT2D eigenvalue weighted by Crippen LogP contribution is 2.43. The first kappa shape index (κ1) is 78.5. The number of ether oxygens (including phenoxy) is 2. The van der Waals surface area contributed by atoms with E-state index < -0.39 is 26.5 Å². The predicted octanol–water partition coefficient (Wildman–Crippen LogP) is 22.0. The van der Waals surface area contributed by atoms with Gasteiger partial charge in [0.25, 0.3) is 0 Å². The van der Waals surface area contributed by atoms with Crippen LogP contribution in [0.1, 0.15) is 316 Å². The van der Waals surface area contributed by atoms with Crippen LogP contribution in [0, 0.1) is 0 Å². The molecule has 0 saturated carbocycles. The molecule has 0 aromatic rings. The Morgan fingerprint density at radius 3 is 1.05 bits per heavy atom. The molecule has 0 heterocycles. The minimum atomic E-state index is -4.39. The molecular formula is C71H131NO8P+. The van der Waals surface area contributed by atoms with Crippen LogP contribution < -0.4 is 0 Å². The minimum Gasteiger partial charge on any atom is -0.462 e. The third kappa shape index (κ3) is 66.5. The Bertz CT molecular complexity index is 1600. The number of rotatable bonds is 63. The van der Waals surface area contributed by atoms with Crippen molar-refractivity contribution < 1.29 is 42.1 Å². The van der Waals surface area contributed by atoms with Gasteiger partial charge in [0, 0.05) is 12.8 Å². The van der Waals surface area contributed by atoms with E-state index in [1.165, 1.54) is 205 Å². The van der Waals surface area contributed by atoms with E-state index >= 15 is 0 Å². The fraction of sp³-hybridized carbons (Fsp3) is 0.803. The smallest absolute Gasteiger partial charge is 0.462 e. The molecule has 472 valence electrons. The van der Waals surface area contributed by atoms with Gasteiger partial charge in [-0.05, 0) is 83.5 Å². The monoisotopic (exact) mass is 1160 g/mol. The molecule has 2 atom stereocenters. The van der Waals surface area contributed by atoms with Gasteiger partial charge in [0.15, 0.2) is 6.10 Å². The van der Waals surface area contributed by atoms with Crippen molar-refractivity contribution in [3.8, 4) is 0 Å². The Morgan fingerprint density at radius 1 is 0.395 bits per heavy atom. The lowest BCUT2D eigenvalue weighted by atomic mass is 10.0. The summed E-state index contributed by atoms with van der Waals surface area (Å²) >= 11 is 0. The largest absolute Gasteiger partial charge is 0.472 e. The maximum atomic E-state index is 12.9. The highest BCUT2D eigenvalue weighted by molar-refractivity contribution is 7.47. The van der Waals surface area contributed by atoms with Crippen LogP contribution in [0.4, 0.5) is 0 Å². The van der Waals surface area contributed by atoms with Gasteiger partial charge in [0.2, 0.25) is 0 Å². The summed E-state index contributed by atoms with van der Waals surface area (Å²) < 4.78 is 34.7. The number of quaternary nitrogens is 1. The van der Waals surface area contributed by atoms with E-state index in [9.17, 15) is 19.0 Å². The van der Waals surface area contributed by atoms with E-state index in [1.807, 2.05) is 21.1 Å². The van der Waals surface area contributed by atoms with Crippen molar-refractivity contribution in [1.29, 1.82) is 0 Å². The second-order valence-corrected chi connectivity index (χ2v) is 25.6. The van der Waals surface area contributed by atoms with E-state index in [-0.39, 0.29) is 32.0 Å². The van der Waals surface area contributed by atoms with Crippen LogP contribution in [0.5, 0.6) is 0 Å². The van der Waals surface area contributed by atoms with Gasteiger partial charge in [0.05, 0.1) is 27.7 Å². The summed E-state index contributed by atoms with van der Waals surface area (Å²) in [5, 5.41) is 0. The number of carbonyl (C=O) groups is 2. The SMILES string of the molecule is CC/C=C\C/C=C\C/C=C\C/C=C\CCCCCCCCCCCCCCCCCCCCCCCCCCCCC(=O)OC(COC(=O)CCCCCCCCC/C=C\C/C=C\CCCCCC)COP(=O)(O)OCC[N+](C)(C)C. The molecule has 0 aliphatic rings. The number of phosphoric ester groups is 1. The molecule has 0 rings (SSSR count). The Morgan fingerprint density at radius 2 is 0.704 bits per heavy atom. The molecular weight excluding hydrogens is 1030 g/mol. The molecule has 1 N–H and O–H groups in total. The Hall–Kier alpha value is -2.55. The molecule has 0 aliphatic carbocycles. The highest BCUT2D eigenvalue weighted by Gasteiger charge is 2.27. The normalized spacial score (nSPS) is 13.6. The average Bonchev–Trinajstić information content (AvgIpc) is 3.43.